The standard InChI is InChI=1S/C24H23FN6OS/c1-33-24-26-15-20(31(24)19-11-9-17(25)10-12-19)23(32)27-18-7-5-6-16(14-18)22-29-28-21-8-3-2-4-13-30(21)22/h5-7,9-12,14-15H,2-4,8,13H2,1H3,(H,27,32). The lowest BCUT2D eigenvalue weighted by atomic mass is 10.2. The first-order valence-corrected chi connectivity index (χ1v) is 12.1. The van der Waals surface area contributed by atoms with Crippen molar-refractivity contribution in [1.82, 2.24) is 24.3 Å². The summed E-state index contributed by atoms with van der Waals surface area (Å²) in [7, 11) is 0. The van der Waals surface area contributed by atoms with Gasteiger partial charge in [-0.3, -0.25) is 9.36 Å². The molecule has 168 valence electrons. The summed E-state index contributed by atoms with van der Waals surface area (Å²) in [6.07, 6.45) is 7.79. The predicted octanol–water partition coefficient (Wildman–Crippen LogP) is 4.97. The lowest BCUT2D eigenvalue weighted by Crippen LogP contribution is -2.16. The first-order valence-electron chi connectivity index (χ1n) is 10.9. The molecular weight excluding hydrogens is 439 g/mol. The average molecular weight is 463 g/mol. The van der Waals surface area contributed by atoms with Crippen molar-refractivity contribution in [3.05, 3.63) is 72.1 Å². The summed E-state index contributed by atoms with van der Waals surface area (Å²) >= 11 is 1.41. The van der Waals surface area contributed by atoms with Crippen molar-refractivity contribution in [3.8, 4) is 17.1 Å². The Morgan fingerprint density at radius 1 is 1.09 bits per heavy atom. The Hall–Kier alpha value is -3.46. The molecular formula is C24H23FN6OS. The molecule has 0 fully saturated rings. The molecule has 0 atom stereocenters. The van der Waals surface area contributed by atoms with Crippen molar-refractivity contribution in [2.45, 2.75) is 37.4 Å². The van der Waals surface area contributed by atoms with Crippen molar-refractivity contribution < 1.29 is 9.18 Å². The van der Waals surface area contributed by atoms with Gasteiger partial charge in [0.05, 0.1) is 6.20 Å². The molecule has 1 aliphatic heterocycles. The molecule has 0 saturated heterocycles. The SMILES string of the molecule is CSc1ncc(C(=O)Nc2cccc(-c3nnc4n3CCCCC4)c2)n1-c1ccc(F)cc1. The lowest BCUT2D eigenvalue weighted by Gasteiger charge is -2.12. The number of nitrogens with one attached hydrogen (secondary N) is 1. The number of anilines is 1. The highest BCUT2D eigenvalue weighted by Crippen LogP contribution is 2.26. The van der Waals surface area contributed by atoms with Crippen molar-refractivity contribution >= 4 is 23.4 Å². The maximum atomic E-state index is 13.4. The van der Waals surface area contributed by atoms with Crippen molar-refractivity contribution in [2.24, 2.45) is 0 Å². The number of fused-ring (bicyclic) bond motifs is 1. The van der Waals surface area contributed by atoms with E-state index >= 15 is 0 Å². The van der Waals surface area contributed by atoms with Crippen LogP contribution in [0.4, 0.5) is 10.1 Å². The summed E-state index contributed by atoms with van der Waals surface area (Å²) in [6, 6.07) is 13.6. The summed E-state index contributed by atoms with van der Waals surface area (Å²) in [4.78, 5) is 17.6. The van der Waals surface area contributed by atoms with Crippen LogP contribution in [0.2, 0.25) is 0 Å². The number of amides is 1. The monoisotopic (exact) mass is 462 g/mol. The number of carbonyl (C=O) groups excluding carboxylic acids is 1. The molecule has 7 nitrogen and oxygen atoms in total. The number of benzene rings is 2. The van der Waals surface area contributed by atoms with Gasteiger partial charge in [0, 0.05) is 29.9 Å². The zero-order valence-corrected chi connectivity index (χ0v) is 19.0. The van der Waals surface area contributed by atoms with E-state index in [9.17, 15) is 9.18 Å². The van der Waals surface area contributed by atoms with E-state index in [2.05, 4.69) is 25.1 Å². The number of hydrogen-bond acceptors (Lipinski definition) is 5. The van der Waals surface area contributed by atoms with E-state index in [0.717, 1.165) is 43.0 Å². The number of nitrogens with zero attached hydrogens (tertiary/aromatic N) is 5. The quantitative estimate of drug-likeness (QED) is 0.424. The number of carbonyl (C=O) groups is 1. The lowest BCUT2D eigenvalue weighted by molar-refractivity contribution is 0.102. The number of hydrogen-bond donors (Lipinski definition) is 1. The molecule has 2 aromatic heterocycles. The van der Waals surface area contributed by atoms with Crippen LogP contribution in [-0.4, -0.2) is 36.5 Å². The van der Waals surface area contributed by atoms with Gasteiger partial charge in [0.2, 0.25) is 0 Å². The smallest absolute Gasteiger partial charge is 0.274 e. The first-order chi connectivity index (χ1) is 16.1. The van der Waals surface area contributed by atoms with Crippen LogP contribution in [0.3, 0.4) is 0 Å². The van der Waals surface area contributed by atoms with Crippen LogP contribution in [0.15, 0.2) is 59.9 Å². The summed E-state index contributed by atoms with van der Waals surface area (Å²) in [6.45, 7) is 0.905. The Kier molecular flexibility index (Phi) is 5.95. The minimum absolute atomic E-state index is 0.302. The third kappa shape index (κ3) is 4.28. The summed E-state index contributed by atoms with van der Waals surface area (Å²) in [5.74, 6) is 1.21. The van der Waals surface area contributed by atoms with Gasteiger partial charge in [-0.15, -0.1) is 10.2 Å². The largest absolute Gasteiger partial charge is 0.321 e. The summed E-state index contributed by atoms with van der Waals surface area (Å²) < 4.78 is 17.3. The second kappa shape index (κ2) is 9.19. The van der Waals surface area contributed by atoms with E-state index in [4.69, 9.17) is 0 Å². The highest BCUT2D eigenvalue weighted by molar-refractivity contribution is 7.98. The number of aromatic nitrogens is 5. The first kappa shape index (κ1) is 21.4. The molecule has 0 aliphatic carbocycles. The van der Waals surface area contributed by atoms with E-state index in [1.807, 2.05) is 30.5 Å². The Bertz CT molecular complexity index is 1300. The molecule has 1 amide bonds. The van der Waals surface area contributed by atoms with Gasteiger partial charge in [-0.2, -0.15) is 0 Å². The Balaban J connectivity index is 1.44. The summed E-state index contributed by atoms with van der Waals surface area (Å²) in [5.41, 5.74) is 2.60. The zero-order valence-electron chi connectivity index (χ0n) is 18.2. The molecule has 0 unspecified atom stereocenters. The number of imidazole rings is 1. The van der Waals surface area contributed by atoms with E-state index in [1.165, 1.54) is 36.5 Å². The Labute approximate surface area is 195 Å². The highest BCUT2D eigenvalue weighted by atomic mass is 32.2. The van der Waals surface area contributed by atoms with Crippen molar-refractivity contribution in [1.29, 1.82) is 0 Å². The number of aryl methyl sites for hydroxylation is 1. The minimum atomic E-state index is -0.334. The molecule has 0 saturated carbocycles. The molecule has 4 aromatic rings. The second-order valence-electron chi connectivity index (χ2n) is 7.88. The molecule has 1 aliphatic rings. The fourth-order valence-corrected chi connectivity index (χ4v) is 4.65. The van der Waals surface area contributed by atoms with E-state index in [0.29, 0.717) is 22.2 Å². The van der Waals surface area contributed by atoms with Crippen LogP contribution in [0.25, 0.3) is 17.1 Å². The topological polar surface area (TPSA) is 77.6 Å². The third-order valence-electron chi connectivity index (χ3n) is 5.72. The van der Waals surface area contributed by atoms with Crippen LogP contribution in [0.5, 0.6) is 0 Å². The molecule has 0 bridgehead atoms. The van der Waals surface area contributed by atoms with Gasteiger partial charge in [-0.05, 0) is 55.5 Å². The fraction of sp³-hybridized carbons (Fsp3) is 0.250. The molecule has 2 aromatic carbocycles. The zero-order chi connectivity index (χ0) is 22.8. The van der Waals surface area contributed by atoms with Gasteiger partial charge >= 0.3 is 0 Å². The van der Waals surface area contributed by atoms with E-state index < -0.39 is 0 Å². The van der Waals surface area contributed by atoms with Gasteiger partial charge in [-0.1, -0.05) is 30.3 Å². The molecule has 3 heterocycles. The van der Waals surface area contributed by atoms with Crippen LogP contribution >= 0.6 is 11.8 Å². The highest BCUT2D eigenvalue weighted by Gasteiger charge is 2.19. The number of rotatable bonds is 5. The van der Waals surface area contributed by atoms with Crippen molar-refractivity contribution in [3.63, 3.8) is 0 Å². The molecule has 5 rings (SSSR count). The van der Waals surface area contributed by atoms with Gasteiger partial charge in [-0.25, -0.2) is 9.37 Å². The molecule has 0 spiro atoms. The minimum Gasteiger partial charge on any atom is -0.321 e. The van der Waals surface area contributed by atoms with Gasteiger partial charge < -0.3 is 9.88 Å². The van der Waals surface area contributed by atoms with E-state index in [-0.39, 0.29) is 11.7 Å². The normalized spacial score (nSPS) is 13.4. The predicted molar refractivity (Wildman–Crippen MR) is 126 cm³/mol. The van der Waals surface area contributed by atoms with Crippen LogP contribution in [0, 0.1) is 5.82 Å². The number of thioether (sulfide) groups is 1. The molecule has 33 heavy (non-hydrogen) atoms. The Morgan fingerprint density at radius 3 is 2.76 bits per heavy atom. The van der Waals surface area contributed by atoms with Gasteiger partial charge in [0.15, 0.2) is 11.0 Å². The van der Waals surface area contributed by atoms with Crippen LogP contribution < -0.4 is 5.32 Å². The van der Waals surface area contributed by atoms with Gasteiger partial charge in [0.25, 0.3) is 5.91 Å². The fourth-order valence-electron chi connectivity index (χ4n) is 4.11. The van der Waals surface area contributed by atoms with Crippen LogP contribution in [0.1, 0.15) is 35.6 Å². The second-order valence-corrected chi connectivity index (χ2v) is 8.65. The van der Waals surface area contributed by atoms with Crippen LogP contribution in [-0.2, 0) is 13.0 Å². The van der Waals surface area contributed by atoms with E-state index in [1.54, 1.807) is 16.7 Å². The summed E-state index contributed by atoms with van der Waals surface area (Å²) in [5, 5.41) is 12.4. The maximum absolute atomic E-state index is 13.4. The molecule has 9 heteroatoms. The average Bonchev–Trinajstić information content (AvgIpc) is 3.37. The van der Waals surface area contributed by atoms with Gasteiger partial charge in [0.1, 0.15) is 17.3 Å². The third-order valence-corrected chi connectivity index (χ3v) is 6.37. The Morgan fingerprint density at radius 2 is 1.94 bits per heavy atom. The maximum Gasteiger partial charge on any atom is 0.274 e. The molecule has 1 N–H and O–H groups in total. The van der Waals surface area contributed by atoms with Crippen molar-refractivity contribution in [2.75, 3.05) is 11.6 Å². The number of halogens is 1. The molecule has 0 radical (unpaired) electrons.